The molecular weight excluding hydrogens is 721 g/mol. The molecule has 0 unspecified atom stereocenters. The molecule has 0 N–H and O–H groups in total. The number of benzene rings is 1. The summed E-state index contributed by atoms with van der Waals surface area (Å²) in [7, 11) is 9.87. The number of rotatable bonds is 1. The Kier molecular flexibility index (Phi) is 32.4. The third kappa shape index (κ3) is 14.8. The van der Waals surface area contributed by atoms with Gasteiger partial charge in [-0.1, -0.05) is 17.2 Å². The van der Waals surface area contributed by atoms with E-state index in [0.717, 1.165) is 6.42 Å². The van der Waals surface area contributed by atoms with Crippen LogP contribution in [0, 0.1) is 28.4 Å². The Bertz CT molecular complexity index is 1060. The second kappa shape index (κ2) is 25.9. The number of hydrogen-bond acceptors (Lipinski definition) is 0. The first-order valence-electron chi connectivity index (χ1n) is 11.3. The Labute approximate surface area is 291 Å². The molecule has 1 radical (unpaired) electrons. The van der Waals surface area contributed by atoms with Gasteiger partial charge in [-0.25, -0.2) is 12.2 Å². The molecule has 3 aliphatic rings. The molecule has 0 fully saturated rings. The van der Waals surface area contributed by atoms with Gasteiger partial charge >= 0.3 is 64.1 Å². The molecule has 0 atom stereocenters. The average Bonchev–Trinajstić information content (AvgIpc) is 3.61. The van der Waals surface area contributed by atoms with Gasteiger partial charge in [-0.3, -0.25) is 6.08 Å². The Balaban J connectivity index is -0.000000145. The molecule has 0 saturated carbocycles. The van der Waals surface area contributed by atoms with E-state index in [9.17, 15) is 0 Å². The molecule has 0 amide bonds. The second-order valence-electron chi connectivity index (χ2n) is 8.60. The SMILES string of the molecule is CC1=C(C)C(C)=C(C2=C(C)C(C)=C(C)C2)C1.[C-]1=CC=CC1.[CH3-].[CH3-].[CH3-].[Cl-].[Cl-].[Cl][Zr][Cl].[Zr+3].c1ccc2[cH-]ccc2c1. The summed E-state index contributed by atoms with van der Waals surface area (Å²) < 4.78 is 0. The summed E-state index contributed by atoms with van der Waals surface area (Å²) in [6, 6.07) is 14.7. The van der Waals surface area contributed by atoms with Crippen molar-refractivity contribution in [2.45, 2.75) is 60.8 Å². The number of halogens is 4. The number of fused-ring (bicyclic) bond motifs is 1. The third-order valence-electron chi connectivity index (χ3n) is 6.69. The van der Waals surface area contributed by atoms with Crippen molar-refractivity contribution in [1.29, 1.82) is 0 Å². The smallest absolute Gasteiger partial charge is 0.168 e. The van der Waals surface area contributed by atoms with Crippen LogP contribution in [-0.2, 0) is 47.1 Å². The molecule has 0 aromatic heterocycles. The largest absolute Gasteiger partial charge is 3.00 e. The fourth-order valence-corrected chi connectivity index (χ4v) is 4.23. The van der Waals surface area contributed by atoms with Gasteiger partial charge in [0.25, 0.3) is 0 Å². The van der Waals surface area contributed by atoms with Crippen LogP contribution >= 0.6 is 17.0 Å². The van der Waals surface area contributed by atoms with Crippen LogP contribution in [0.4, 0.5) is 0 Å². The fourth-order valence-electron chi connectivity index (χ4n) is 4.23. The zero-order valence-electron chi connectivity index (χ0n) is 24.9. The Hall–Kier alpha value is 0.196. The maximum atomic E-state index is 4.93. The van der Waals surface area contributed by atoms with Crippen molar-refractivity contribution in [3.05, 3.63) is 134 Å². The van der Waals surface area contributed by atoms with E-state index in [1.54, 1.807) is 22.3 Å². The quantitative estimate of drug-likeness (QED) is 0.328. The molecule has 2 aromatic rings. The number of allylic oxidation sites excluding steroid dienone is 12. The van der Waals surface area contributed by atoms with Crippen molar-refractivity contribution < 1.29 is 71.9 Å². The van der Waals surface area contributed by atoms with Crippen molar-refractivity contribution in [3.63, 3.8) is 0 Å². The molecule has 0 heterocycles. The van der Waals surface area contributed by atoms with Gasteiger partial charge in [-0.15, -0.1) is 36.1 Å². The maximum Gasteiger partial charge on any atom is 3.00 e. The van der Waals surface area contributed by atoms with Crippen LogP contribution in [0.3, 0.4) is 0 Å². The van der Waals surface area contributed by atoms with Crippen molar-refractivity contribution in [1.82, 2.24) is 0 Å². The van der Waals surface area contributed by atoms with Crippen molar-refractivity contribution in [2.75, 3.05) is 0 Å². The minimum atomic E-state index is -0.826. The van der Waals surface area contributed by atoms with E-state index >= 15 is 0 Å². The van der Waals surface area contributed by atoms with Crippen LogP contribution in [0.25, 0.3) is 10.8 Å². The number of hydrogen-bond donors (Lipinski definition) is 0. The zero-order valence-corrected chi connectivity index (χ0v) is 32.8. The third-order valence-corrected chi connectivity index (χ3v) is 6.69. The van der Waals surface area contributed by atoms with E-state index in [-0.39, 0.29) is 73.3 Å². The first-order valence-corrected chi connectivity index (χ1v) is 17.7. The van der Waals surface area contributed by atoms with E-state index in [4.69, 9.17) is 17.0 Å². The second-order valence-corrected chi connectivity index (χ2v) is 12.3. The molecule has 6 heteroatoms. The topological polar surface area (TPSA) is 0 Å². The summed E-state index contributed by atoms with van der Waals surface area (Å²) in [5.74, 6) is 0. The van der Waals surface area contributed by atoms with E-state index in [2.05, 4.69) is 96.2 Å². The average molecular weight is 764 g/mol. The maximum absolute atomic E-state index is 4.93. The van der Waals surface area contributed by atoms with Gasteiger partial charge in [0.15, 0.2) is 0 Å². The molecule has 5 rings (SSSR count). The normalized spacial score (nSPS) is 14.1. The molecule has 0 spiro atoms. The standard InChI is InChI=1S/C16H22.C9H7.C5H5.3CH3.4ClH.2Zr/c1-9-7-15(13(5)11(9)3)16-8-10(2)12(4)14(16)6;1-2-5-9-7-3-6-8(9)4-1;1-2-4-5-3-1;;;;;;;;;/h7-8H2,1-6H3;1-7H;1-3H,4H2;3*1H3;4*1H;;/q;5*-1;;;;;+2;+3/p-4. The van der Waals surface area contributed by atoms with Crippen molar-refractivity contribution >= 4 is 27.8 Å². The molecule has 39 heavy (non-hydrogen) atoms. The zero-order chi connectivity index (χ0) is 24.4. The van der Waals surface area contributed by atoms with Gasteiger partial charge in [0.05, 0.1) is 0 Å². The van der Waals surface area contributed by atoms with Crippen LogP contribution in [0.15, 0.2) is 105 Å². The van der Waals surface area contributed by atoms with Gasteiger partial charge in [0, 0.05) is 0 Å². The monoisotopic (exact) mass is 759 g/mol. The molecule has 3 aliphatic carbocycles. The van der Waals surface area contributed by atoms with Gasteiger partial charge < -0.3 is 47.1 Å². The van der Waals surface area contributed by atoms with Crippen LogP contribution < -0.4 is 24.8 Å². The van der Waals surface area contributed by atoms with E-state index in [0.29, 0.717) is 0 Å². The molecule has 215 valence electrons. The Morgan fingerprint density at radius 2 is 1.21 bits per heavy atom. The van der Waals surface area contributed by atoms with E-state index in [1.807, 2.05) is 12.2 Å². The van der Waals surface area contributed by atoms with E-state index in [1.165, 1.54) is 45.9 Å². The molecule has 0 aliphatic heterocycles. The minimum Gasteiger partial charge on any atom is -0.168 e. The Morgan fingerprint density at radius 3 is 1.51 bits per heavy atom. The van der Waals surface area contributed by atoms with Crippen LogP contribution in [0.1, 0.15) is 60.8 Å². The summed E-state index contributed by atoms with van der Waals surface area (Å²) in [4.78, 5) is 0. The first kappa shape index (κ1) is 48.9. The predicted octanol–water partition coefficient (Wildman–Crippen LogP) is 5.70. The molecule has 0 nitrogen and oxygen atoms in total. The van der Waals surface area contributed by atoms with Gasteiger partial charge in [-0.05, 0) is 87.8 Å². The van der Waals surface area contributed by atoms with Gasteiger partial charge in [-0.2, -0.15) is 23.6 Å². The van der Waals surface area contributed by atoms with Gasteiger partial charge in [0.2, 0.25) is 0 Å². The van der Waals surface area contributed by atoms with Crippen molar-refractivity contribution in [2.24, 2.45) is 0 Å². The molecule has 2 aromatic carbocycles. The molecule has 0 saturated heterocycles. The summed E-state index contributed by atoms with van der Waals surface area (Å²) >= 11 is -0.826. The van der Waals surface area contributed by atoms with Crippen molar-refractivity contribution in [3.8, 4) is 0 Å². The predicted molar refractivity (Wildman–Crippen MR) is 163 cm³/mol. The minimum absolute atomic E-state index is 0. The summed E-state index contributed by atoms with van der Waals surface area (Å²) in [6.45, 7) is 13.6. The molecular formula is C33H43Cl4Zr2-4. The van der Waals surface area contributed by atoms with Gasteiger partial charge in [0.1, 0.15) is 0 Å². The summed E-state index contributed by atoms with van der Waals surface area (Å²) in [5.41, 5.74) is 12.4. The van der Waals surface area contributed by atoms with Crippen LogP contribution in [0.5, 0.6) is 0 Å². The van der Waals surface area contributed by atoms with Crippen LogP contribution in [0.2, 0.25) is 0 Å². The van der Waals surface area contributed by atoms with E-state index < -0.39 is 20.8 Å². The first-order chi connectivity index (χ1) is 15.8. The Morgan fingerprint density at radius 1 is 0.744 bits per heavy atom. The summed E-state index contributed by atoms with van der Waals surface area (Å²) in [6.07, 6.45) is 12.3. The fraction of sp³-hybridized carbons (Fsp3) is 0.273. The summed E-state index contributed by atoms with van der Waals surface area (Å²) in [5, 5.41) is 2.66. The van der Waals surface area contributed by atoms with Crippen LogP contribution in [-0.4, -0.2) is 0 Å². The molecule has 0 bridgehead atoms.